The molecule has 1 aromatic heterocycles. The standard InChI is InChI=1S/C47H58N10O12/c1-27(51-42(63)33(48)18-19-39(59)60)40(61)53-36(23-32-24-49-26-50-32)43(64)52-28(2)41(62)57-38(25-58)46(67)55-34(20-29-12-6-3-7-13-29)44(65)54-35(21-30-14-8-4-9-15-30)45(66)56-37(47(68)69)22-31-16-10-5-11-17-31/h3-17,24,26-28,33-38,58H,18-23,25,48H2,1-2H3,(H,49,50)(H,51,63)(H,52,64)(H,53,61)(H,54,65)(H,55,67)(H,56,66)(H,57,62)(H,59,60)(H,68,69)/t27-,28-,33-,34-,35-,36-,37-,38-/m0/s1. The Morgan fingerprint density at radius 2 is 0.899 bits per heavy atom. The molecule has 4 aromatic rings. The van der Waals surface area contributed by atoms with Crippen LogP contribution in [0.1, 0.15) is 49.1 Å². The first kappa shape index (κ1) is 53.6. The number of nitrogens with one attached hydrogen (secondary N) is 8. The van der Waals surface area contributed by atoms with Gasteiger partial charge in [-0.1, -0.05) is 91.0 Å². The van der Waals surface area contributed by atoms with Crippen molar-refractivity contribution in [2.75, 3.05) is 6.61 Å². The van der Waals surface area contributed by atoms with Gasteiger partial charge in [-0.15, -0.1) is 0 Å². The summed E-state index contributed by atoms with van der Waals surface area (Å²) in [7, 11) is 0. The molecule has 69 heavy (non-hydrogen) atoms. The molecule has 13 N–H and O–H groups in total. The van der Waals surface area contributed by atoms with Crippen molar-refractivity contribution in [3.05, 3.63) is 126 Å². The van der Waals surface area contributed by atoms with Gasteiger partial charge in [0.05, 0.1) is 19.0 Å². The molecule has 7 amide bonds. The van der Waals surface area contributed by atoms with E-state index in [0.717, 1.165) is 0 Å². The van der Waals surface area contributed by atoms with Gasteiger partial charge in [-0.3, -0.25) is 38.4 Å². The monoisotopic (exact) mass is 954 g/mol. The Kier molecular flexibility index (Phi) is 21.0. The Bertz CT molecular complexity index is 2360. The topological polar surface area (TPSA) is 353 Å². The first-order valence-corrected chi connectivity index (χ1v) is 22.0. The van der Waals surface area contributed by atoms with Crippen LogP contribution in [0.2, 0.25) is 0 Å². The van der Waals surface area contributed by atoms with Crippen LogP contribution in [0.15, 0.2) is 104 Å². The van der Waals surface area contributed by atoms with Gasteiger partial charge < -0.3 is 63.3 Å². The highest BCUT2D eigenvalue weighted by Crippen LogP contribution is 2.10. The van der Waals surface area contributed by atoms with Crippen LogP contribution in [0.4, 0.5) is 0 Å². The molecule has 8 atom stereocenters. The number of aromatic nitrogens is 2. The van der Waals surface area contributed by atoms with Crippen molar-refractivity contribution in [2.45, 2.75) is 101 Å². The number of nitrogens with zero attached hydrogens (tertiary/aromatic N) is 1. The number of carbonyl (C=O) groups is 9. The van der Waals surface area contributed by atoms with Gasteiger partial charge in [0.15, 0.2) is 0 Å². The van der Waals surface area contributed by atoms with Crippen LogP contribution < -0.4 is 43.0 Å². The van der Waals surface area contributed by atoms with E-state index in [1.807, 2.05) is 0 Å². The smallest absolute Gasteiger partial charge is 0.326 e. The molecule has 0 radical (unpaired) electrons. The van der Waals surface area contributed by atoms with Gasteiger partial charge >= 0.3 is 11.9 Å². The SMILES string of the molecule is C[C@H](NC(=O)[C@H](Cc1cnc[nH]1)NC(=O)[C@H](C)NC(=O)[C@@H](N)CCC(=O)O)C(=O)N[C@@H](CO)C(=O)N[C@@H](Cc1ccccc1)C(=O)N[C@@H](Cc1ccccc1)C(=O)N[C@@H](Cc1ccccc1)C(=O)O. The predicted molar refractivity (Wildman–Crippen MR) is 247 cm³/mol. The number of carboxylic acid groups (broad SMARTS) is 2. The molecule has 22 nitrogen and oxygen atoms in total. The molecule has 0 fully saturated rings. The fourth-order valence-electron chi connectivity index (χ4n) is 6.77. The summed E-state index contributed by atoms with van der Waals surface area (Å²) in [5, 5.41) is 46.6. The van der Waals surface area contributed by atoms with Gasteiger partial charge in [0, 0.05) is 44.0 Å². The maximum atomic E-state index is 14.2. The normalized spacial score (nSPS) is 14.4. The van der Waals surface area contributed by atoms with Crippen LogP contribution in [-0.2, 0) is 68.8 Å². The number of aliphatic hydroxyl groups is 1. The van der Waals surface area contributed by atoms with Crippen molar-refractivity contribution >= 4 is 53.3 Å². The van der Waals surface area contributed by atoms with Crippen LogP contribution in [0, 0.1) is 0 Å². The minimum atomic E-state index is -1.67. The number of H-pyrrole nitrogens is 1. The lowest BCUT2D eigenvalue weighted by molar-refractivity contribution is -0.142. The van der Waals surface area contributed by atoms with Gasteiger partial charge in [0.2, 0.25) is 41.4 Å². The molecule has 3 aromatic carbocycles. The van der Waals surface area contributed by atoms with Crippen LogP contribution >= 0.6 is 0 Å². The second-order valence-corrected chi connectivity index (χ2v) is 16.2. The Morgan fingerprint density at radius 1 is 0.522 bits per heavy atom. The minimum absolute atomic E-state index is 0.0461. The number of aliphatic carboxylic acids is 2. The number of hydrogen-bond donors (Lipinski definition) is 12. The third-order valence-electron chi connectivity index (χ3n) is 10.7. The average molecular weight is 955 g/mol. The summed E-state index contributed by atoms with van der Waals surface area (Å²) in [5.74, 6) is -8.57. The van der Waals surface area contributed by atoms with E-state index in [9.17, 15) is 53.4 Å². The number of amides is 7. The fraction of sp³-hybridized carbons (Fsp3) is 0.362. The zero-order valence-corrected chi connectivity index (χ0v) is 37.9. The van der Waals surface area contributed by atoms with E-state index in [2.05, 4.69) is 47.2 Å². The van der Waals surface area contributed by atoms with Crippen molar-refractivity contribution in [1.82, 2.24) is 47.2 Å². The zero-order valence-electron chi connectivity index (χ0n) is 37.9. The molecule has 0 aliphatic rings. The highest BCUT2D eigenvalue weighted by molar-refractivity contribution is 5.97. The molecule has 368 valence electrons. The molecule has 0 saturated carbocycles. The number of nitrogens with two attached hydrogens (primary N) is 1. The second-order valence-electron chi connectivity index (χ2n) is 16.2. The molecule has 0 aliphatic heterocycles. The van der Waals surface area contributed by atoms with Crippen LogP contribution in [0.5, 0.6) is 0 Å². The number of hydrogen-bond acceptors (Lipinski definition) is 12. The largest absolute Gasteiger partial charge is 0.481 e. The summed E-state index contributed by atoms with van der Waals surface area (Å²) in [5.41, 5.74) is 8.02. The Balaban J connectivity index is 1.46. The van der Waals surface area contributed by atoms with Gasteiger partial charge in [0.25, 0.3) is 0 Å². The summed E-state index contributed by atoms with van der Waals surface area (Å²) in [4.78, 5) is 124. The molecular formula is C47H58N10O12. The van der Waals surface area contributed by atoms with Crippen LogP contribution in [-0.4, -0.2) is 134 Å². The highest BCUT2D eigenvalue weighted by atomic mass is 16.4. The lowest BCUT2D eigenvalue weighted by atomic mass is 10.0. The maximum Gasteiger partial charge on any atom is 0.326 e. The van der Waals surface area contributed by atoms with Gasteiger partial charge in [-0.05, 0) is 37.0 Å². The highest BCUT2D eigenvalue weighted by Gasteiger charge is 2.33. The van der Waals surface area contributed by atoms with Gasteiger partial charge in [0.1, 0.15) is 42.3 Å². The second kappa shape index (κ2) is 27.0. The van der Waals surface area contributed by atoms with E-state index in [-0.39, 0.29) is 38.5 Å². The van der Waals surface area contributed by atoms with E-state index in [0.29, 0.717) is 22.4 Å². The molecule has 4 rings (SSSR count). The summed E-state index contributed by atoms with van der Waals surface area (Å²) in [6, 6.07) is 14.9. The number of aliphatic hydroxyl groups excluding tert-OH is 1. The molecule has 0 aliphatic carbocycles. The maximum absolute atomic E-state index is 14.2. The van der Waals surface area contributed by atoms with Gasteiger partial charge in [-0.2, -0.15) is 0 Å². The lowest BCUT2D eigenvalue weighted by Crippen LogP contribution is -2.61. The third-order valence-corrected chi connectivity index (χ3v) is 10.7. The lowest BCUT2D eigenvalue weighted by Gasteiger charge is -2.27. The molecule has 0 unspecified atom stereocenters. The first-order chi connectivity index (χ1) is 32.9. The van der Waals surface area contributed by atoms with E-state index in [1.165, 1.54) is 26.4 Å². The molecule has 0 bridgehead atoms. The summed E-state index contributed by atoms with van der Waals surface area (Å²) in [6.45, 7) is 1.63. The van der Waals surface area contributed by atoms with E-state index < -0.39 is 108 Å². The summed E-state index contributed by atoms with van der Waals surface area (Å²) in [6.07, 6.45) is 1.78. The summed E-state index contributed by atoms with van der Waals surface area (Å²) >= 11 is 0. The summed E-state index contributed by atoms with van der Waals surface area (Å²) < 4.78 is 0. The predicted octanol–water partition coefficient (Wildman–Crippen LogP) is -1.62. The Labute approximate surface area is 397 Å². The van der Waals surface area contributed by atoms with E-state index >= 15 is 0 Å². The van der Waals surface area contributed by atoms with Crippen LogP contribution in [0.3, 0.4) is 0 Å². The molecule has 0 saturated heterocycles. The zero-order chi connectivity index (χ0) is 50.5. The van der Waals surface area contributed by atoms with Crippen molar-refractivity contribution in [3.8, 4) is 0 Å². The number of imidazole rings is 1. The molecular weight excluding hydrogens is 897 g/mol. The number of carboxylic acids is 2. The third kappa shape index (κ3) is 18.0. The Hall–Kier alpha value is -7.98. The molecule has 22 heteroatoms. The van der Waals surface area contributed by atoms with Gasteiger partial charge in [-0.25, -0.2) is 9.78 Å². The van der Waals surface area contributed by atoms with Crippen molar-refractivity contribution < 1.29 is 58.5 Å². The average Bonchev–Trinajstić information content (AvgIpc) is 3.85. The van der Waals surface area contributed by atoms with Crippen molar-refractivity contribution in [3.63, 3.8) is 0 Å². The van der Waals surface area contributed by atoms with E-state index in [4.69, 9.17) is 10.8 Å². The first-order valence-electron chi connectivity index (χ1n) is 22.0. The number of aromatic amines is 1. The number of carbonyl (C=O) groups excluding carboxylic acids is 7. The van der Waals surface area contributed by atoms with Crippen molar-refractivity contribution in [2.24, 2.45) is 5.73 Å². The minimum Gasteiger partial charge on any atom is -0.481 e. The fourth-order valence-corrected chi connectivity index (χ4v) is 6.77. The quantitative estimate of drug-likeness (QED) is 0.0320. The van der Waals surface area contributed by atoms with Crippen LogP contribution in [0.25, 0.3) is 0 Å². The molecule has 1 heterocycles. The molecule has 0 spiro atoms. The van der Waals surface area contributed by atoms with Crippen molar-refractivity contribution in [1.29, 1.82) is 0 Å². The number of benzene rings is 3. The van der Waals surface area contributed by atoms with E-state index in [1.54, 1.807) is 91.0 Å². The Morgan fingerprint density at radius 3 is 1.32 bits per heavy atom. The number of rotatable bonds is 27.